The van der Waals surface area contributed by atoms with Gasteiger partial charge in [-0.2, -0.15) is 0 Å². The first kappa shape index (κ1) is 12.3. The first-order chi connectivity index (χ1) is 9.15. The van der Waals surface area contributed by atoms with Gasteiger partial charge in [0.1, 0.15) is 0 Å². The monoisotopic (exact) mass is 256 g/mol. The zero-order chi connectivity index (χ0) is 13.4. The van der Waals surface area contributed by atoms with Crippen LogP contribution >= 0.6 is 0 Å². The summed E-state index contributed by atoms with van der Waals surface area (Å²) in [6, 6.07) is 9.33. The number of aromatic nitrogens is 1. The highest BCUT2D eigenvalue weighted by Gasteiger charge is 2.31. The van der Waals surface area contributed by atoms with E-state index in [0.717, 1.165) is 16.6 Å². The van der Waals surface area contributed by atoms with E-state index in [1.54, 1.807) is 0 Å². The summed E-state index contributed by atoms with van der Waals surface area (Å²) in [5.41, 5.74) is 8.45. The number of pyridine rings is 1. The van der Waals surface area contributed by atoms with Crippen LogP contribution in [0.1, 0.15) is 16.1 Å². The fraction of sp³-hybridized carbons (Fsp3) is 0.333. The minimum atomic E-state index is -0.226. The number of hydrogen-bond acceptors (Lipinski definition) is 4. The van der Waals surface area contributed by atoms with E-state index in [0.29, 0.717) is 18.8 Å². The standard InChI is InChI=1S/C15H16N2O2/c1-9-2-3-10-6-11(4-5-14(10)17-9)15(18)12-7-19-8-13(12)16/h2-6,12-13H,7-8,16H2,1H3. The number of Topliss-reactive ketones (excluding diaryl/α,β-unsaturated/α-hetero) is 1. The second-order valence-corrected chi connectivity index (χ2v) is 5.03. The third-order valence-electron chi connectivity index (χ3n) is 3.57. The molecule has 2 atom stereocenters. The van der Waals surface area contributed by atoms with Crippen molar-refractivity contribution >= 4 is 16.7 Å². The second kappa shape index (κ2) is 4.72. The van der Waals surface area contributed by atoms with Crippen LogP contribution in [-0.2, 0) is 4.74 Å². The average molecular weight is 256 g/mol. The normalized spacial score (nSPS) is 22.8. The van der Waals surface area contributed by atoms with Gasteiger partial charge < -0.3 is 10.5 Å². The van der Waals surface area contributed by atoms with E-state index in [9.17, 15) is 4.79 Å². The minimum absolute atomic E-state index is 0.0625. The van der Waals surface area contributed by atoms with Crippen molar-refractivity contribution in [3.8, 4) is 0 Å². The molecule has 3 rings (SSSR count). The van der Waals surface area contributed by atoms with E-state index < -0.39 is 0 Å². The minimum Gasteiger partial charge on any atom is -0.379 e. The predicted octanol–water partition coefficient (Wildman–Crippen LogP) is 1.70. The van der Waals surface area contributed by atoms with Gasteiger partial charge in [0, 0.05) is 22.7 Å². The molecule has 1 fully saturated rings. The smallest absolute Gasteiger partial charge is 0.169 e. The van der Waals surface area contributed by atoms with Crippen LogP contribution in [0, 0.1) is 12.8 Å². The van der Waals surface area contributed by atoms with Crippen LogP contribution in [0.3, 0.4) is 0 Å². The summed E-state index contributed by atoms with van der Waals surface area (Å²) in [5.74, 6) is -0.164. The van der Waals surface area contributed by atoms with Crippen LogP contribution in [0.25, 0.3) is 10.9 Å². The number of nitrogens with two attached hydrogens (primary N) is 1. The molecular weight excluding hydrogens is 240 g/mol. The summed E-state index contributed by atoms with van der Waals surface area (Å²) in [6.07, 6.45) is 0. The number of benzene rings is 1. The Balaban J connectivity index is 1.97. The van der Waals surface area contributed by atoms with Crippen molar-refractivity contribution in [2.24, 2.45) is 11.7 Å². The zero-order valence-corrected chi connectivity index (χ0v) is 10.8. The van der Waals surface area contributed by atoms with Gasteiger partial charge in [-0.1, -0.05) is 6.07 Å². The number of fused-ring (bicyclic) bond motifs is 1. The Kier molecular flexibility index (Phi) is 3.05. The van der Waals surface area contributed by atoms with Gasteiger partial charge in [0.2, 0.25) is 0 Å². The molecule has 4 nitrogen and oxygen atoms in total. The SMILES string of the molecule is Cc1ccc2cc(C(=O)C3COCC3N)ccc2n1. The van der Waals surface area contributed by atoms with Gasteiger partial charge in [-0.25, -0.2) is 0 Å². The molecule has 2 N–H and O–H groups in total. The molecule has 1 aromatic carbocycles. The lowest BCUT2D eigenvalue weighted by atomic mass is 9.93. The highest BCUT2D eigenvalue weighted by Crippen LogP contribution is 2.21. The predicted molar refractivity (Wildman–Crippen MR) is 73.1 cm³/mol. The average Bonchev–Trinajstić information content (AvgIpc) is 2.83. The lowest BCUT2D eigenvalue weighted by Gasteiger charge is -2.12. The number of nitrogens with zero attached hydrogens (tertiary/aromatic N) is 1. The fourth-order valence-electron chi connectivity index (χ4n) is 2.44. The molecule has 4 heteroatoms. The molecule has 0 spiro atoms. The van der Waals surface area contributed by atoms with E-state index in [2.05, 4.69) is 4.98 Å². The molecule has 0 amide bonds. The van der Waals surface area contributed by atoms with E-state index in [1.807, 2.05) is 37.3 Å². The molecule has 1 saturated heterocycles. The molecule has 0 radical (unpaired) electrons. The molecular formula is C15H16N2O2. The topological polar surface area (TPSA) is 65.2 Å². The number of ether oxygens (including phenoxy) is 1. The van der Waals surface area contributed by atoms with Crippen LogP contribution in [0.2, 0.25) is 0 Å². The molecule has 0 saturated carbocycles. The molecule has 98 valence electrons. The summed E-state index contributed by atoms with van der Waals surface area (Å²) < 4.78 is 5.26. The maximum absolute atomic E-state index is 12.4. The van der Waals surface area contributed by atoms with E-state index in [-0.39, 0.29) is 17.7 Å². The Morgan fingerprint density at radius 3 is 2.89 bits per heavy atom. The maximum atomic E-state index is 12.4. The Morgan fingerprint density at radius 2 is 2.16 bits per heavy atom. The van der Waals surface area contributed by atoms with Crippen LogP contribution in [0.4, 0.5) is 0 Å². The van der Waals surface area contributed by atoms with Gasteiger partial charge in [0.25, 0.3) is 0 Å². The molecule has 2 heterocycles. The van der Waals surface area contributed by atoms with Crippen molar-refractivity contribution in [2.45, 2.75) is 13.0 Å². The first-order valence-corrected chi connectivity index (χ1v) is 6.40. The van der Waals surface area contributed by atoms with Crippen molar-refractivity contribution in [1.82, 2.24) is 4.98 Å². The van der Waals surface area contributed by atoms with Gasteiger partial charge in [-0.15, -0.1) is 0 Å². The number of rotatable bonds is 2. The lowest BCUT2D eigenvalue weighted by molar-refractivity contribution is 0.0896. The molecule has 2 unspecified atom stereocenters. The zero-order valence-electron chi connectivity index (χ0n) is 10.8. The van der Waals surface area contributed by atoms with Crippen molar-refractivity contribution in [3.05, 3.63) is 41.6 Å². The molecule has 1 aromatic heterocycles. The largest absolute Gasteiger partial charge is 0.379 e. The van der Waals surface area contributed by atoms with Gasteiger partial charge in [-0.05, 0) is 31.2 Å². The third kappa shape index (κ3) is 2.25. The second-order valence-electron chi connectivity index (χ2n) is 5.03. The molecule has 2 aromatic rings. The number of aryl methyl sites for hydroxylation is 1. The molecule has 0 bridgehead atoms. The molecule has 1 aliphatic rings. The number of ketones is 1. The van der Waals surface area contributed by atoms with Crippen molar-refractivity contribution in [1.29, 1.82) is 0 Å². The van der Waals surface area contributed by atoms with Gasteiger partial charge in [0.05, 0.1) is 24.6 Å². The summed E-state index contributed by atoms with van der Waals surface area (Å²) in [5, 5.41) is 0.976. The first-order valence-electron chi connectivity index (χ1n) is 6.40. The Labute approximate surface area is 111 Å². The third-order valence-corrected chi connectivity index (χ3v) is 3.57. The van der Waals surface area contributed by atoms with E-state index in [4.69, 9.17) is 10.5 Å². The quantitative estimate of drug-likeness (QED) is 0.831. The summed E-state index contributed by atoms with van der Waals surface area (Å²) in [4.78, 5) is 16.8. The highest BCUT2D eigenvalue weighted by molar-refractivity contribution is 6.01. The van der Waals surface area contributed by atoms with Crippen LogP contribution in [0.5, 0.6) is 0 Å². The van der Waals surface area contributed by atoms with Crippen LogP contribution < -0.4 is 5.73 Å². The van der Waals surface area contributed by atoms with Crippen molar-refractivity contribution in [3.63, 3.8) is 0 Å². The van der Waals surface area contributed by atoms with Gasteiger partial charge in [0.15, 0.2) is 5.78 Å². The van der Waals surface area contributed by atoms with Crippen LogP contribution in [-0.4, -0.2) is 30.0 Å². The number of carbonyl (C=O) groups excluding carboxylic acids is 1. The van der Waals surface area contributed by atoms with Crippen molar-refractivity contribution < 1.29 is 9.53 Å². The van der Waals surface area contributed by atoms with Crippen LogP contribution in [0.15, 0.2) is 30.3 Å². The number of carbonyl (C=O) groups is 1. The van der Waals surface area contributed by atoms with Crippen molar-refractivity contribution in [2.75, 3.05) is 13.2 Å². The Morgan fingerprint density at radius 1 is 1.32 bits per heavy atom. The van der Waals surface area contributed by atoms with E-state index in [1.165, 1.54) is 0 Å². The van der Waals surface area contributed by atoms with E-state index >= 15 is 0 Å². The van der Waals surface area contributed by atoms with Gasteiger partial charge in [-0.3, -0.25) is 9.78 Å². The number of hydrogen-bond donors (Lipinski definition) is 1. The fourth-order valence-corrected chi connectivity index (χ4v) is 2.44. The maximum Gasteiger partial charge on any atom is 0.169 e. The molecule has 0 aliphatic carbocycles. The molecule has 1 aliphatic heterocycles. The summed E-state index contributed by atoms with van der Waals surface area (Å²) >= 11 is 0. The Hall–Kier alpha value is -1.78. The summed E-state index contributed by atoms with van der Waals surface area (Å²) in [7, 11) is 0. The Bertz CT molecular complexity index is 639. The lowest BCUT2D eigenvalue weighted by Crippen LogP contribution is -2.34. The highest BCUT2D eigenvalue weighted by atomic mass is 16.5. The van der Waals surface area contributed by atoms with Gasteiger partial charge >= 0.3 is 0 Å². The summed E-state index contributed by atoms with van der Waals surface area (Å²) in [6.45, 7) is 2.84. The molecule has 19 heavy (non-hydrogen) atoms.